The third kappa shape index (κ3) is 1.83. The van der Waals surface area contributed by atoms with E-state index in [1.54, 1.807) is 7.05 Å². The highest BCUT2D eigenvalue weighted by atomic mass is 35.5. The Kier molecular flexibility index (Phi) is 2.87. The van der Waals surface area contributed by atoms with Crippen molar-refractivity contribution in [2.24, 2.45) is 5.41 Å². The van der Waals surface area contributed by atoms with Gasteiger partial charge < -0.3 is 14.6 Å². The molecule has 0 aromatic carbocycles. The van der Waals surface area contributed by atoms with Crippen molar-refractivity contribution < 1.29 is 14.1 Å². The Hall–Kier alpha value is -1.95. The fourth-order valence-electron chi connectivity index (χ4n) is 2.74. The molecule has 1 fully saturated rings. The van der Waals surface area contributed by atoms with Gasteiger partial charge in [0.1, 0.15) is 5.69 Å². The summed E-state index contributed by atoms with van der Waals surface area (Å²) >= 11 is 8.72. The smallest absolute Gasteiger partial charge is 0.234 e. The van der Waals surface area contributed by atoms with Gasteiger partial charge in [0.2, 0.25) is 16.6 Å². The lowest BCUT2D eigenvalue weighted by Gasteiger charge is -2.32. The van der Waals surface area contributed by atoms with Crippen LogP contribution >= 0.6 is 34.7 Å². The van der Waals surface area contributed by atoms with Crippen LogP contribution in [-0.4, -0.2) is 23.0 Å². The van der Waals surface area contributed by atoms with Crippen molar-refractivity contribution in [1.82, 2.24) is 10.1 Å². The molecule has 0 radical (unpaired) electrons. The molecule has 2 aromatic heterocycles. The van der Waals surface area contributed by atoms with E-state index in [2.05, 4.69) is 27.3 Å². The maximum atomic E-state index is 12.1. The highest BCUT2D eigenvalue weighted by Crippen LogP contribution is 2.68. The van der Waals surface area contributed by atoms with Gasteiger partial charge in [-0.1, -0.05) is 39.9 Å². The third-order valence-corrected chi connectivity index (χ3v) is 6.66. The van der Waals surface area contributed by atoms with Crippen molar-refractivity contribution in [3.8, 4) is 16.9 Å². The monoisotopic (exact) mass is 377 g/mol. The van der Waals surface area contributed by atoms with E-state index in [1.165, 1.54) is 23.1 Å². The number of carbonyl (C=O) groups is 1. The molecule has 9 heteroatoms. The van der Waals surface area contributed by atoms with E-state index >= 15 is 0 Å². The molecule has 1 aliphatic heterocycles. The number of allylic oxidation sites excluding steroid dienone is 2. The van der Waals surface area contributed by atoms with Gasteiger partial charge in [0.05, 0.1) is 10.3 Å². The topological polar surface area (TPSA) is 77.2 Å². The first-order valence-electron chi connectivity index (χ1n) is 7.13. The largest absolute Gasteiger partial charge is 0.439 e. The quantitative estimate of drug-likeness (QED) is 0.764. The maximum absolute atomic E-state index is 12.1. The van der Waals surface area contributed by atoms with Crippen LogP contribution < -0.4 is 10.1 Å². The van der Waals surface area contributed by atoms with Gasteiger partial charge >= 0.3 is 0 Å². The summed E-state index contributed by atoms with van der Waals surface area (Å²) in [5, 5.41) is 8.76. The first-order valence-corrected chi connectivity index (χ1v) is 9.14. The van der Waals surface area contributed by atoms with Crippen molar-refractivity contribution in [2.75, 3.05) is 12.4 Å². The first kappa shape index (κ1) is 14.4. The average Bonchev–Trinajstić information content (AvgIpc) is 3.22. The van der Waals surface area contributed by atoms with Gasteiger partial charge in [0.25, 0.3) is 0 Å². The molecule has 2 aromatic rings. The normalized spacial score (nSPS) is 19.0. The average molecular weight is 378 g/mol. The van der Waals surface area contributed by atoms with Gasteiger partial charge in [-0.3, -0.25) is 4.79 Å². The number of nitrogens with one attached hydrogen (secondary N) is 1. The van der Waals surface area contributed by atoms with E-state index < -0.39 is 0 Å². The van der Waals surface area contributed by atoms with Crippen molar-refractivity contribution in [1.29, 1.82) is 0 Å². The van der Waals surface area contributed by atoms with Gasteiger partial charge in [0.15, 0.2) is 20.9 Å². The Labute approximate surface area is 149 Å². The molecule has 120 valence electrons. The predicted octanol–water partition coefficient (Wildman–Crippen LogP) is 3.29. The van der Waals surface area contributed by atoms with Crippen LogP contribution in [0, 0.1) is 17.3 Å². The summed E-state index contributed by atoms with van der Waals surface area (Å²) in [6.07, 6.45) is 1.85. The van der Waals surface area contributed by atoms with Gasteiger partial charge in [-0.15, -0.1) is 0 Å². The van der Waals surface area contributed by atoms with Crippen LogP contribution in [0.4, 0.5) is 5.69 Å². The molecule has 3 aliphatic rings. The van der Waals surface area contributed by atoms with E-state index in [0.29, 0.717) is 27.3 Å². The van der Waals surface area contributed by atoms with Crippen LogP contribution in [0.1, 0.15) is 23.6 Å². The standard InChI is InChI=1S/C15H8ClN3O3S2/c1-17-8-6(22-19-12(8)16)2-3-7-18-13-14(23-7)21-9-10(20)15(4-5-15)11(9)24-13/h17H,4-5H2,1H3. The maximum Gasteiger partial charge on any atom is 0.234 e. The molecule has 0 atom stereocenters. The lowest BCUT2D eigenvalue weighted by molar-refractivity contribution is -0.123. The van der Waals surface area contributed by atoms with Crippen molar-refractivity contribution in [3.05, 3.63) is 26.6 Å². The Bertz CT molecular complexity index is 1010. The van der Waals surface area contributed by atoms with Gasteiger partial charge in [-0.2, -0.15) is 0 Å². The zero-order valence-corrected chi connectivity index (χ0v) is 14.6. The lowest BCUT2D eigenvalue weighted by atomic mass is 9.87. The molecule has 2 aliphatic carbocycles. The number of hydrogen-bond acceptors (Lipinski definition) is 8. The molecule has 3 heterocycles. The number of anilines is 1. The summed E-state index contributed by atoms with van der Waals surface area (Å²) in [6.45, 7) is 0. The molecule has 0 saturated heterocycles. The minimum atomic E-state index is -0.245. The zero-order chi connectivity index (χ0) is 16.5. The Balaban J connectivity index is 1.44. The number of thiazole rings is 1. The Morgan fingerprint density at radius 1 is 1.38 bits per heavy atom. The summed E-state index contributed by atoms with van der Waals surface area (Å²) in [5.41, 5.74) is 0.298. The first-order chi connectivity index (χ1) is 11.6. The van der Waals surface area contributed by atoms with E-state index in [0.717, 1.165) is 22.8 Å². The molecule has 1 saturated carbocycles. The third-order valence-electron chi connectivity index (χ3n) is 4.18. The van der Waals surface area contributed by atoms with Crippen LogP contribution in [0.25, 0.3) is 0 Å². The van der Waals surface area contributed by atoms with Crippen LogP contribution in [0.5, 0.6) is 5.06 Å². The summed E-state index contributed by atoms with van der Waals surface area (Å²) in [7, 11) is 1.71. The molecular formula is C15H8ClN3O3S2. The fraction of sp³-hybridized carbons (Fsp3) is 0.267. The van der Waals surface area contributed by atoms with Crippen molar-refractivity contribution in [2.45, 2.75) is 17.9 Å². The van der Waals surface area contributed by atoms with E-state index in [9.17, 15) is 4.79 Å². The number of aromatic nitrogens is 2. The van der Waals surface area contributed by atoms with Crippen molar-refractivity contribution in [3.63, 3.8) is 0 Å². The van der Waals surface area contributed by atoms with Gasteiger partial charge in [-0.05, 0) is 24.7 Å². The number of carbonyl (C=O) groups excluding carboxylic acids is 1. The highest BCUT2D eigenvalue weighted by Gasteiger charge is 2.65. The van der Waals surface area contributed by atoms with E-state index in [4.69, 9.17) is 20.9 Å². The molecule has 5 rings (SSSR count). The van der Waals surface area contributed by atoms with Crippen LogP contribution in [0.2, 0.25) is 5.15 Å². The minimum absolute atomic E-state index is 0.131. The van der Waals surface area contributed by atoms with E-state index in [-0.39, 0.29) is 16.4 Å². The summed E-state index contributed by atoms with van der Waals surface area (Å²) < 4.78 is 10.8. The fourth-order valence-corrected chi connectivity index (χ4v) is 5.11. The van der Waals surface area contributed by atoms with Gasteiger partial charge in [-0.25, -0.2) is 4.98 Å². The van der Waals surface area contributed by atoms with Crippen LogP contribution in [0.15, 0.2) is 20.2 Å². The van der Waals surface area contributed by atoms with Crippen LogP contribution in [-0.2, 0) is 4.79 Å². The number of Topliss-reactive ketones (excluding diaryl/α,β-unsaturated/α-hetero) is 1. The van der Waals surface area contributed by atoms with Gasteiger partial charge in [0, 0.05) is 7.05 Å². The number of nitrogens with zero attached hydrogens (tertiary/aromatic N) is 2. The number of fused-ring (bicyclic) bond motifs is 2. The number of ether oxygens (including phenoxy) is 1. The summed E-state index contributed by atoms with van der Waals surface area (Å²) in [4.78, 5) is 17.6. The Morgan fingerprint density at radius 2 is 2.21 bits per heavy atom. The summed E-state index contributed by atoms with van der Waals surface area (Å²) in [6, 6.07) is 0. The highest BCUT2D eigenvalue weighted by molar-refractivity contribution is 8.03. The second-order valence-corrected chi connectivity index (χ2v) is 7.88. The predicted molar refractivity (Wildman–Crippen MR) is 89.3 cm³/mol. The van der Waals surface area contributed by atoms with E-state index in [1.807, 2.05) is 0 Å². The summed E-state index contributed by atoms with van der Waals surface area (Å²) in [5.74, 6) is 6.77. The SMILES string of the molecule is CNc1c(Cl)noc1C#Cc1nc2c(s1)OC1=C(S2)C2(CC2)C1=O. The minimum Gasteiger partial charge on any atom is -0.439 e. The number of hydrogen-bond donors (Lipinski definition) is 1. The number of thioether (sulfide) groups is 1. The Morgan fingerprint density at radius 3 is 2.96 bits per heavy atom. The number of rotatable bonds is 1. The molecule has 0 amide bonds. The van der Waals surface area contributed by atoms with Crippen LogP contribution in [0.3, 0.4) is 0 Å². The van der Waals surface area contributed by atoms with Crippen molar-refractivity contribution >= 4 is 46.2 Å². The lowest BCUT2D eigenvalue weighted by Crippen LogP contribution is -2.35. The molecule has 1 N–H and O–H groups in total. The molecular weight excluding hydrogens is 370 g/mol. The molecule has 0 bridgehead atoms. The molecule has 1 spiro atoms. The number of ketones is 1. The molecule has 24 heavy (non-hydrogen) atoms. The number of halogens is 1. The second-order valence-electron chi connectivity index (χ2n) is 5.56. The second kappa shape index (κ2) is 4.79. The molecule has 0 unspecified atom stereocenters. The molecule has 6 nitrogen and oxygen atoms in total. The zero-order valence-electron chi connectivity index (χ0n) is 12.2.